The number of amides is 1. The van der Waals surface area contributed by atoms with Gasteiger partial charge in [0.25, 0.3) is 0 Å². The van der Waals surface area contributed by atoms with Gasteiger partial charge in [-0.25, -0.2) is 15.2 Å². The smallest absolute Gasteiger partial charge is 0.224 e. The minimum Gasteiger partial charge on any atom is -0.497 e. The lowest BCUT2D eigenvalue weighted by Gasteiger charge is -2.35. The third-order valence-electron chi connectivity index (χ3n) is 6.01. The number of hydrogen-bond donors (Lipinski definition) is 3. The van der Waals surface area contributed by atoms with E-state index in [4.69, 9.17) is 4.74 Å². The molecule has 2 atom stereocenters. The largest absolute Gasteiger partial charge is 0.497 e. The van der Waals surface area contributed by atoms with Crippen LogP contribution in [0.25, 0.3) is 0 Å². The van der Waals surface area contributed by atoms with E-state index in [1.165, 1.54) is 17.7 Å². The average molecular weight is 413 g/mol. The maximum atomic E-state index is 13.0. The van der Waals surface area contributed by atoms with Crippen molar-refractivity contribution >= 4 is 5.91 Å². The second-order valence-corrected chi connectivity index (χ2v) is 8.05. The summed E-state index contributed by atoms with van der Waals surface area (Å²) in [5.74, 6) is 0.584. The predicted molar refractivity (Wildman–Crippen MR) is 113 cm³/mol. The molecule has 3 N–H and O–H groups in total. The van der Waals surface area contributed by atoms with Crippen molar-refractivity contribution in [1.82, 2.24) is 21.1 Å². The Balaban J connectivity index is 1.21. The number of rotatable bonds is 6. The van der Waals surface area contributed by atoms with E-state index in [9.17, 15) is 9.18 Å². The lowest BCUT2D eigenvalue weighted by atomic mass is 10.0. The molecule has 2 unspecified atom stereocenters. The van der Waals surface area contributed by atoms with Crippen LogP contribution in [0, 0.1) is 5.82 Å². The van der Waals surface area contributed by atoms with E-state index in [0.717, 1.165) is 43.7 Å². The van der Waals surface area contributed by atoms with Gasteiger partial charge in [0.2, 0.25) is 5.91 Å². The molecule has 0 radical (unpaired) electrons. The molecule has 2 aliphatic rings. The SMILES string of the molecule is COc1ccc(C2CC(N3CCC(NC(=O)Cc4ccc(F)cc4)CC3)NN2)cc1. The van der Waals surface area contributed by atoms with Crippen molar-refractivity contribution in [3.05, 3.63) is 65.5 Å². The first-order chi connectivity index (χ1) is 14.6. The summed E-state index contributed by atoms with van der Waals surface area (Å²) in [5.41, 5.74) is 8.90. The highest BCUT2D eigenvalue weighted by molar-refractivity contribution is 5.78. The van der Waals surface area contributed by atoms with Gasteiger partial charge in [0.05, 0.1) is 19.7 Å². The number of ether oxygens (including phenoxy) is 1. The molecule has 7 heteroatoms. The zero-order valence-corrected chi connectivity index (χ0v) is 17.2. The number of hydrogen-bond acceptors (Lipinski definition) is 5. The van der Waals surface area contributed by atoms with E-state index in [1.807, 2.05) is 12.1 Å². The van der Waals surface area contributed by atoms with Gasteiger partial charge in [-0.2, -0.15) is 0 Å². The van der Waals surface area contributed by atoms with Gasteiger partial charge >= 0.3 is 0 Å². The fourth-order valence-electron chi connectivity index (χ4n) is 4.26. The number of benzene rings is 2. The van der Waals surface area contributed by atoms with Crippen LogP contribution in [0.15, 0.2) is 48.5 Å². The van der Waals surface area contributed by atoms with Crippen LogP contribution in [0.2, 0.25) is 0 Å². The predicted octanol–water partition coefficient (Wildman–Crippen LogP) is 2.52. The number of piperidine rings is 1. The summed E-state index contributed by atoms with van der Waals surface area (Å²) in [6, 6.07) is 14.8. The van der Waals surface area contributed by atoms with Crippen molar-refractivity contribution in [2.24, 2.45) is 0 Å². The second-order valence-electron chi connectivity index (χ2n) is 8.05. The normalized spacial score (nSPS) is 22.7. The van der Waals surface area contributed by atoms with Gasteiger partial charge in [-0.15, -0.1) is 0 Å². The summed E-state index contributed by atoms with van der Waals surface area (Å²) in [4.78, 5) is 14.7. The minimum atomic E-state index is -0.282. The van der Waals surface area contributed by atoms with Crippen LogP contribution in [0.1, 0.15) is 36.4 Å². The molecule has 30 heavy (non-hydrogen) atoms. The van der Waals surface area contributed by atoms with Gasteiger partial charge in [-0.1, -0.05) is 24.3 Å². The van der Waals surface area contributed by atoms with E-state index in [2.05, 4.69) is 33.2 Å². The van der Waals surface area contributed by atoms with Gasteiger partial charge in [0, 0.05) is 25.2 Å². The summed E-state index contributed by atoms with van der Waals surface area (Å²) in [6.07, 6.45) is 3.43. The Morgan fingerprint density at radius 1 is 1.10 bits per heavy atom. The summed E-state index contributed by atoms with van der Waals surface area (Å²) in [7, 11) is 1.68. The molecular weight excluding hydrogens is 383 g/mol. The van der Waals surface area contributed by atoms with Crippen molar-refractivity contribution in [2.75, 3.05) is 20.2 Å². The number of carbonyl (C=O) groups is 1. The number of hydrazine groups is 1. The van der Waals surface area contributed by atoms with Crippen molar-refractivity contribution in [1.29, 1.82) is 0 Å². The van der Waals surface area contributed by atoms with Crippen LogP contribution in [-0.2, 0) is 11.2 Å². The number of halogens is 1. The van der Waals surface area contributed by atoms with Gasteiger partial charge in [-0.3, -0.25) is 9.69 Å². The molecule has 2 heterocycles. The van der Waals surface area contributed by atoms with E-state index in [1.54, 1.807) is 19.2 Å². The first-order valence-corrected chi connectivity index (χ1v) is 10.5. The molecule has 2 aromatic carbocycles. The van der Waals surface area contributed by atoms with E-state index < -0.39 is 0 Å². The fourth-order valence-corrected chi connectivity index (χ4v) is 4.26. The Morgan fingerprint density at radius 3 is 2.47 bits per heavy atom. The molecule has 2 saturated heterocycles. The molecule has 1 amide bonds. The van der Waals surface area contributed by atoms with Crippen LogP contribution >= 0.6 is 0 Å². The molecule has 0 aliphatic carbocycles. The number of carbonyl (C=O) groups excluding carboxylic acids is 1. The quantitative estimate of drug-likeness (QED) is 0.681. The summed E-state index contributed by atoms with van der Waals surface area (Å²) >= 11 is 0. The lowest BCUT2D eigenvalue weighted by Crippen LogP contribution is -2.51. The Hall–Kier alpha value is -2.48. The highest BCUT2D eigenvalue weighted by Gasteiger charge is 2.32. The van der Waals surface area contributed by atoms with Gasteiger partial charge in [0.15, 0.2) is 0 Å². The van der Waals surface area contributed by atoms with Gasteiger partial charge < -0.3 is 10.1 Å². The number of nitrogens with one attached hydrogen (secondary N) is 3. The highest BCUT2D eigenvalue weighted by atomic mass is 19.1. The van der Waals surface area contributed by atoms with Crippen LogP contribution < -0.4 is 20.9 Å². The Kier molecular flexibility index (Phi) is 6.62. The molecule has 0 saturated carbocycles. The third-order valence-corrected chi connectivity index (χ3v) is 6.01. The number of methoxy groups -OCH3 is 1. The van der Waals surface area contributed by atoms with Crippen LogP contribution in [0.3, 0.4) is 0 Å². The van der Waals surface area contributed by atoms with Crippen LogP contribution in [0.4, 0.5) is 4.39 Å². The molecule has 4 rings (SSSR count). The van der Waals surface area contributed by atoms with Crippen molar-refractivity contribution < 1.29 is 13.9 Å². The first-order valence-electron chi connectivity index (χ1n) is 10.5. The Morgan fingerprint density at radius 2 is 1.80 bits per heavy atom. The lowest BCUT2D eigenvalue weighted by molar-refractivity contribution is -0.121. The van der Waals surface area contributed by atoms with Crippen LogP contribution in [-0.4, -0.2) is 43.2 Å². The van der Waals surface area contributed by atoms with E-state index >= 15 is 0 Å². The van der Waals surface area contributed by atoms with Gasteiger partial charge in [-0.05, 0) is 54.7 Å². The van der Waals surface area contributed by atoms with Gasteiger partial charge in [0.1, 0.15) is 11.6 Å². The average Bonchev–Trinajstić information content (AvgIpc) is 3.26. The zero-order chi connectivity index (χ0) is 20.9. The minimum absolute atomic E-state index is 0.000265. The monoisotopic (exact) mass is 412 g/mol. The fraction of sp³-hybridized carbons (Fsp3) is 0.435. The highest BCUT2D eigenvalue weighted by Crippen LogP contribution is 2.27. The van der Waals surface area contributed by atoms with Crippen molar-refractivity contribution in [2.45, 2.75) is 43.9 Å². The molecule has 2 aromatic rings. The molecule has 0 aromatic heterocycles. The Bertz CT molecular complexity index is 835. The first kappa shape index (κ1) is 20.8. The maximum absolute atomic E-state index is 13.0. The molecule has 160 valence electrons. The molecule has 2 aliphatic heterocycles. The molecule has 2 fully saturated rings. The molecule has 0 spiro atoms. The molecule has 0 bridgehead atoms. The number of likely N-dealkylation sites (tertiary alicyclic amines) is 1. The topological polar surface area (TPSA) is 65.6 Å². The van der Waals surface area contributed by atoms with Crippen molar-refractivity contribution in [3.8, 4) is 5.75 Å². The maximum Gasteiger partial charge on any atom is 0.224 e. The molecule has 6 nitrogen and oxygen atoms in total. The van der Waals surface area contributed by atoms with Crippen molar-refractivity contribution in [3.63, 3.8) is 0 Å². The Labute approximate surface area is 176 Å². The summed E-state index contributed by atoms with van der Waals surface area (Å²) in [5, 5.41) is 3.13. The third kappa shape index (κ3) is 5.16. The summed E-state index contributed by atoms with van der Waals surface area (Å²) in [6.45, 7) is 1.88. The second kappa shape index (κ2) is 9.55. The van der Waals surface area contributed by atoms with E-state index in [-0.39, 0.29) is 36.4 Å². The zero-order valence-electron chi connectivity index (χ0n) is 17.2. The van der Waals surface area contributed by atoms with Crippen LogP contribution in [0.5, 0.6) is 5.75 Å². The molecular formula is C23H29FN4O2. The number of nitrogens with zero attached hydrogens (tertiary/aromatic N) is 1. The standard InChI is InChI=1S/C23H29FN4O2/c1-30-20-8-4-17(5-9-20)21-15-22(27-26-21)28-12-10-19(11-13-28)25-23(29)14-16-2-6-18(24)7-3-16/h2-9,19,21-22,26-27H,10-15H2,1H3,(H,25,29). The van der Waals surface area contributed by atoms with E-state index in [0.29, 0.717) is 0 Å². The summed E-state index contributed by atoms with van der Waals surface area (Å²) < 4.78 is 18.2.